The number of carbonyl (C=O) groups is 1. The van der Waals surface area contributed by atoms with Gasteiger partial charge in [-0.3, -0.25) is 10.2 Å². The van der Waals surface area contributed by atoms with Crippen LogP contribution in [0.1, 0.15) is 45.4 Å². The molecule has 4 heteroatoms. The number of rotatable bonds is 8. The molecule has 82 valence electrons. The van der Waals surface area contributed by atoms with E-state index in [0.29, 0.717) is 19.3 Å². The maximum absolute atomic E-state index is 10.8. The van der Waals surface area contributed by atoms with Gasteiger partial charge < -0.3 is 10.8 Å². The second-order valence-electron chi connectivity index (χ2n) is 3.59. The summed E-state index contributed by atoms with van der Waals surface area (Å²) in [6, 6.07) is 0. The average Bonchev–Trinajstić information content (AvgIpc) is 2.10. The Labute approximate surface area is 85.0 Å². The van der Waals surface area contributed by atoms with E-state index in [4.69, 9.17) is 16.2 Å². The van der Waals surface area contributed by atoms with Crippen LogP contribution in [0.4, 0.5) is 0 Å². The highest BCUT2D eigenvalue weighted by molar-refractivity contribution is 5.78. The van der Waals surface area contributed by atoms with Gasteiger partial charge in [-0.25, -0.2) is 0 Å². The zero-order chi connectivity index (χ0) is 11.0. The molecule has 0 saturated heterocycles. The number of hydrogen-bond donors (Lipinski definition) is 3. The summed E-state index contributed by atoms with van der Waals surface area (Å²) in [6.07, 6.45) is 4.71. The smallest absolute Gasteiger partial charge is 0.306 e. The van der Waals surface area contributed by atoms with Crippen molar-refractivity contribution in [2.45, 2.75) is 45.4 Å². The average molecular weight is 200 g/mol. The van der Waals surface area contributed by atoms with Crippen molar-refractivity contribution >= 4 is 11.8 Å². The van der Waals surface area contributed by atoms with Gasteiger partial charge >= 0.3 is 5.97 Å². The molecule has 1 unspecified atom stereocenters. The van der Waals surface area contributed by atoms with Gasteiger partial charge in [-0.1, -0.05) is 26.2 Å². The third kappa shape index (κ3) is 6.46. The number of aliphatic carboxylic acids is 1. The Kier molecular flexibility index (Phi) is 6.80. The Hall–Kier alpha value is -1.06. The maximum Gasteiger partial charge on any atom is 0.306 e. The lowest BCUT2D eigenvalue weighted by Gasteiger charge is -2.10. The fraction of sp³-hybridized carbons (Fsp3) is 0.800. The highest BCUT2D eigenvalue weighted by atomic mass is 16.4. The SMILES string of the molecule is CCCCCC(CCC(=N)N)C(=O)O. The fourth-order valence-electron chi connectivity index (χ4n) is 1.36. The minimum Gasteiger partial charge on any atom is -0.481 e. The van der Waals surface area contributed by atoms with Crippen LogP contribution >= 0.6 is 0 Å². The van der Waals surface area contributed by atoms with Crippen molar-refractivity contribution in [1.82, 2.24) is 0 Å². The highest BCUT2D eigenvalue weighted by Crippen LogP contribution is 2.15. The summed E-state index contributed by atoms with van der Waals surface area (Å²) >= 11 is 0. The number of unbranched alkanes of at least 4 members (excludes halogenated alkanes) is 2. The van der Waals surface area contributed by atoms with Crippen molar-refractivity contribution in [3.63, 3.8) is 0 Å². The van der Waals surface area contributed by atoms with Crippen LogP contribution in [0.15, 0.2) is 0 Å². The summed E-state index contributed by atoms with van der Waals surface area (Å²) in [5.41, 5.74) is 5.19. The molecule has 0 fully saturated rings. The number of amidine groups is 1. The van der Waals surface area contributed by atoms with Gasteiger partial charge in [-0.2, -0.15) is 0 Å². The van der Waals surface area contributed by atoms with Gasteiger partial charge in [0, 0.05) is 6.42 Å². The molecule has 0 aliphatic heterocycles. The Morgan fingerprint density at radius 3 is 2.50 bits per heavy atom. The summed E-state index contributed by atoms with van der Waals surface area (Å²) in [5, 5.41) is 15.9. The first kappa shape index (κ1) is 12.9. The lowest BCUT2D eigenvalue weighted by molar-refractivity contribution is -0.142. The Morgan fingerprint density at radius 1 is 1.43 bits per heavy atom. The van der Waals surface area contributed by atoms with E-state index in [1.54, 1.807) is 0 Å². The first-order valence-corrected chi connectivity index (χ1v) is 5.13. The third-order valence-electron chi connectivity index (χ3n) is 2.27. The molecule has 0 aromatic carbocycles. The van der Waals surface area contributed by atoms with E-state index in [1.807, 2.05) is 0 Å². The lowest BCUT2D eigenvalue weighted by Crippen LogP contribution is -2.17. The molecule has 0 bridgehead atoms. The van der Waals surface area contributed by atoms with Crippen LogP contribution in [0.5, 0.6) is 0 Å². The first-order chi connectivity index (χ1) is 6.57. The molecule has 1 atom stereocenters. The number of hydrogen-bond acceptors (Lipinski definition) is 2. The number of carboxylic acid groups (broad SMARTS) is 1. The van der Waals surface area contributed by atoms with Crippen LogP contribution in [0.3, 0.4) is 0 Å². The largest absolute Gasteiger partial charge is 0.481 e. The Morgan fingerprint density at radius 2 is 2.07 bits per heavy atom. The van der Waals surface area contributed by atoms with Crippen molar-refractivity contribution in [2.24, 2.45) is 11.7 Å². The number of carboxylic acids is 1. The summed E-state index contributed by atoms with van der Waals surface area (Å²) < 4.78 is 0. The van der Waals surface area contributed by atoms with Crippen molar-refractivity contribution in [3.05, 3.63) is 0 Å². The molecule has 14 heavy (non-hydrogen) atoms. The molecule has 0 radical (unpaired) electrons. The van der Waals surface area contributed by atoms with Crippen molar-refractivity contribution in [2.75, 3.05) is 0 Å². The van der Waals surface area contributed by atoms with E-state index in [2.05, 4.69) is 6.92 Å². The third-order valence-corrected chi connectivity index (χ3v) is 2.27. The van der Waals surface area contributed by atoms with Gasteiger partial charge in [0.2, 0.25) is 0 Å². The fourth-order valence-corrected chi connectivity index (χ4v) is 1.36. The van der Waals surface area contributed by atoms with Gasteiger partial charge in [0.1, 0.15) is 0 Å². The molecular formula is C10H20N2O2. The van der Waals surface area contributed by atoms with E-state index < -0.39 is 5.97 Å². The quantitative estimate of drug-likeness (QED) is 0.318. The van der Waals surface area contributed by atoms with Crippen LogP contribution in [0, 0.1) is 11.3 Å². The van der Waals surface area contributed by atoms with Crippen LogP contribution < -0.4 is 5.73 Å². The summed E-state index contributed by atoms with van der Waals surface area (Å²) in [7, 11) is 0. The molecular weight excluding hydrogens is 180 g/mol. The molecule has 0 spiro atoms. The van der Waals surface area contributed by atoms with E-state index in [-0.39, 0.29) is 11.8 Å². The van der Waals surface area contributed by atoms with Crippen molar-refractivity contribution in [3.8, 4) is 0 Å². The summed E-state index contributed by atoms with van der Waals surface area (Å²) in [6.45, 7) is 2.09. The van der Waals surface area contributed by atoms with Crippen LogP contribution in [-0.4, -0.2) is 16.9 Å². The lowest BCUT2D eigenvalue weighted by atomic mass is 9.96. The Bertz CT molecular complexity index is 193. The van der Waals surface area contributed by atoms with Gasteiger partial charge in [0.25, 0.3) is 0 Å². The summed E-state index contributed by atoms with van der Waals surface area (Å²) in [5.74, 6) is -1.01. The van der Waals surface area contributed by atoms with E-state index in [1.165, 1.54) is 0 Å². The normalized spacial score (nSPS) is 12.4. The minimum atomic E-state index is -0.762. The van der Waals surface area contributed by atoms with Crippen molar-refractivity contribution in [1.29, 1.82) is 5.41 Å². The molecule has 0 heterocycles. The highest BCUT2D eigenvalue weighted by Gasteiger charge is 2.16. The zero-order valence-corrected chi connectivity index (χ0v) is 8.75. The molecule has 0 rings (SSSR count). The van der Waals surface area contributed by atoms with E-state index in [0.717, 1.165) is 19.3 Å². The second-order valence-corrected chi connectivity index (χ2v) is 3.59. The van der Waals surface area contributed by atoms with Gasteiger partial charge in [0.05, 0.1) is 11.8 Å². The summed E-state index contributed by atoms with van der Waals surface area (Å²) in [4.78, 5) is 10.8. The van der Waals surface area contributed by atoms with Gasteiger partial charge in [-0.15, -0.1) is 0 Å². The van der Waals surface area contributed by atoms with E-state index >= 15 is 0 Å². The molecule has 0 aliphatic rings. The van der Waals surface area contributed by atoms with Crippen molar-refractivity contribution < 1.29 is 9.90 Å². The van der Waals surface area contributed by atoms with Crippen LogP contribution in [0.2, 0.25) is 0 Å². The molecule has 0 aliphatic carbocycles. The number of nitrogens with one attached hydrogen (secondary N) is 1. The van der Waals surface area contributed by atoms with E-state index in [9.17, 15) is 4.79 Å². The maximum atomic E-state index is 10.8. The topological polar surface area (TPSA) is 87.2 Å². The minimum absolute atomic E-state index is 0.0757. The molecule has 0 saturated carbocycles. The predicted octanol–water partition coefficient (Wildman–Crippen LogP) is 1.98. The second kappa shape index (κ2) is 7.35. The van der Waals surface area contributed by atoms with Gasteiger partial charge in [0.15, 0.2) is 0 Å². The molecule has 0 amide bonds. The zero-order valence-electron chi connectivity index (χ0n) is 8.75. The van der Waals surface area contributed by atoms with Crippen LogP contribution in [-0.2, 0) is 4.79 Å². The molecule has 4 nitrogen and oxygen atoms in total. The first-order valence-electron chi connectivity index (χ1n) is 5.13. The molecule has 0 aromatic rings. The molecule has 4 N–H and O–H groups in total. The van der Waals surface area contributed by atoms with Gasteiger partial charge in [-0.05, 0) is 12.8 Å². The predicted molar refractivity (Wildman–Crippen MR) is 56.4 cm³/mol. The Balaban J connectivity index is 3.78. The van der Waals surface area contributed by atoms with Crippen LogP contribution in [0.25, 0.3) is 0 Å². The standard InChI is InChI=1S/C10H20N2O2/c1-2-3-4-5-8(10(13)14)6-7-9(11)12/h8H,2-7H2,1H3,(H3,11,12)(H,13,14). The monoisotopic (exact) mass is 200 g/mol. The number of nitrogens with two attached hydrogens (primary N) is 1. The molecule has 0 aromatic heterocycles.